The Kier molecular flexibility index (Phi) is 3.79. The zero-order valence-electron chi connectivity index (χ0n) is 13.7. The fraction of sp³-hybridized carbons (Fsp3) is 0. The normalized spacial score (nSPS) is 10.7. The Hall–Kier alpha value is -3.39. The van der Waals surface area contributed by atoms with E-state index in [2.05, 4.69) is 54.6 Å². The highest BCUT2D eigenvalue weighted by Gasteiger charge is 2.09. The molecule has 0 fully saturated rings. The molecule has 0 heterocycles. The molecule has 0 amide bonds. The Morgan fingerprint density at radius 2 is 1.36 bits per heavy atom. The third-order valence-electron chi connectivity index (χ3n) is 4.50. The van der Waals surface area contributed by atoms with E-state index in [1.54, 1.807) is 0 Å². The highest BCUT2D eigenvalue weighted by Crippen LogP contribution is 2.29. The van der Waals surface area contributed by atoms with Gasteiger partial charge in [0.25, 0.3) is 0 Å². The van der Waals surface area contributed by atoms with Gasteiger partial charge in [-0.05, 0) is 28.0 Å². The van der Waals surface area contributed by atoms with E-state index in [1.807, 2.05) is 36.4 Å². The predicted octanol–water partition coefficient (Wildman–Crippen LogP) is 5.51. The molecule has 0 aliphatic carbocycles. The molecule has 4 aromatic rings. The maximum atomic E-state index is 8.44. The molecule has 0 spiro atoms. The van der Waals surface area contributed by atoms with Gasteiger partial charge in [-0.15, -0.1) is 0 Å². The van der Waals surface area contributed by atoms with E-state index in [9.17, 15) is 0 Å². The third-order valence-corrected chi connectivity index (χ3v) is 4.50. The van der Waals surface area contributed by atoms with E-state index in [4.69, 9.17) is 11.1 Å². The summed E-state index contributed by atoms with van der Waals surface area (Å²) < 4.78 is 0. The van der Waals surface area contributed by atoms with Crippen LogP contribution in [-0.4, -0.2) is 5.71 Å². The Morgan fingerprint density at radius 1 is 0.680 bits per heavy atom. The van der Waals surface area contributed by atoms with Crippen molar-refractivity contribution >= 4 is 22.2 Å². The molecule has 3 N–H and O–H groups in total. The third kappa shape index (κ3) is 2.79. The molecule has 0 radical (unpaired) electrons. The van der Waals surface area contributed by atoms with E-state index in [-0.39, 0.29) is 0 Å². The summed E-state index contributed by atoms with van der Waals surface area (Å²) >= 11 is 0. The number of fused-ring (bicyclic) bond motifs is 1. The van der Waals surface area contributed by atoms with Crippen molar-refractivity contribution in [2.75, 3.05) is 5.73 Å². The van der Waals surface area contributed by atoms with E-state index in [0.29, 0.717) is 11.4 Å². The van der Waals surface area contributed by atoms with Crippen molar-refractivity contribution in [3.8, 4) is 11.1 Å². The molecule has 0 saturated heterocycles. The van der Waals surface area contributed by atoms with Crippen LogP contribution < -0.4 is 5.73 Å². The molecule has 25 heavy (non-hydrogen) atoms. The van der Waals surface area contributed by atoms with Crippen LogP contribution in [0.1, 0.15) is 11.1 Å². The lowest BCUT2D eigenvalue weighted by atomic mass is 9.95. The lowest BCUT2D eigenvalue weighted by molar-refractivity contribution is 1.46. The first-order chi connectivity index (χ1) is 12.2. The Balaban J connectivity index is 1.73. The Bertz CT molecular complexity index is 1060. The minimum atomic E-state index is 0.447. The van der Waals surface area contributed by atoms with Gasteiger partial charge in [0.2, 0.25) is 0 Å². The van der Waals surface area contributed by atoms with Crippen molar-refractivity contribution in [1.82, 2.24) is 0 Å². The van der Waals surface area contributed by atoms with Crippen molar-refractivity contribution < 1.29 is 0 Å². The van der Waals surface area contributed by atoms with Gasteiger partial charge >= 0.3 is 0 Å². The number of hydrogen-bond donors (Lipinski definition) is 2. The van der Waals surface area contributed by atoms with E-state index in [1.165, 1.54) is 16.3 Å². The number of para-hydroxylation sites is 1. The molecule has 4 aromatic carbocycles. The standard InChI is InChI=1S/C23H18N2/c24-22-11-4-3-9-21(22)23(25)18-14-12-17(13-15-18)20-10-5-7-16-6-1-2-8-19(16)20/h1-15,25H,24H2. The SMILES string of the molecule is N=C(c1ccc(-c2cccc3ccccc23)cc1)c1ccccc1N. The minimum absolute atomic E-state index is 0.447. The average molecular weight is 322 g/mol. The summed E-state index contributed by atoms with van der Waals surface area (Å²) in [5.41, 5.74) is 11.1. The van der Waals surface area contributed by atoms with E-state index < -0.39 is 0 Å². The van der Waals surface area contributed by atoms with Crippen LogP contribution in [0.4, 0.5) is 5.69 Å². The van der Waals surface area contributed by atoms with Gasteiger partial charge in [-0.25, -0.2) is 0 Å². The minimum Gasteiger partial charge on any atom is -0.398 e. The highest BCUT2D eigenvalue weighted by molar-refractivity contribution is 6.14. The van der Waals surface area contributed by atoms with Crippen molar-refractivity contribution in [2.45, 2.75) is 0 Å². The topological polar surface area (TPSA) is 49.9 Å². The van der Waals surface area contributed by atoms with Gasteiger partial charge in [0.1, 0.15) is 0 Å². The first-order valence-electron chi connectivity index (χ1n) is 8.26. The average Bonchev–Trinajstić information content (AvgIpc) is 2.67. The second-order valence-corrected chi connectivity index (χ2v) is 6.07. The fourth-order valence-electron chi connectivity index (χ4n) is 3.17. The van der Waals surface area contributed by atoms with Gasteiger partial charge in [0.05, 0.1) is 5.71 Å². The number of nitrogens with two attached hydrogens (primary N) is 1. The predicted molar refractivity (Wildman–Crippen MR) is 106 cm³/mol. The van der Waals surface area contributed by atoms with E-state index in [0.717, 1.165) is 16.7 Å². The van der Waals surface area contributed by atoms with Crippen LogP contribution in [0.25, 0.3) is 21.9 Å². The lowest BCUT2D eigenvalue weighted by Crippen LogP contribution is -2.05. The maximum absolute atomic E-state index is 8.44. The van der Waals surface area contributed by atoms with Crippen molar-refractivity contribution in [3.05, 3.63) is 102 Å². The van der Waals surface area contributed by atoms with Crippen LogP contribution in [-0.2, 0) is 0 Å². The smallest absolute Gasteiger partial charge is 0.0705 e. The summed E-state index contributed by atoms with van der Waals surface area (Å²) in [5, 5.41) is 10.9. The number of hydrogen-bond acceptors (Lipinski definition) is 2. The van der Waals surface area contributed by atoms with Gasteiger partial charge in [-0.2, -0.15) is 0 Å². The molecule has 2 heteroatoms. The summed E-state index contributed by atoms with van der Waals surface area (Å²) in [6.07, 6.45) is 0. The molecule has 0 atom stereocenters. The van der Waals surface area contributed by atoms with E-state index >= 15 is 0 Å². The van der Waals surface area contributed by atoms with Gasteiger partial charge in [-0.3, -0.25) is 5.41 Å². The molecule has 0 saturated carbocycles. The van der Waals surface area contributed by atoms with Gasteiger partial charge in [0, 0.05) is 16.8 Å². The highest BCUT2D eigenvalue weighted by atomic mass is 14.6. The zero-order valence-corrected chi connectivity index (χ0v) is 13.7. The van der Waals surface area contributed by atoms with Crippen LogP contribution in [0.15, 0.2) is 91.0 Å². The molecule has 0 aliphatic rings. The Morgan fingerprint density at radius 3 is 2.16 bits per heavy atom. The molecule has 0 unspecified atom stereocenters. The molecule has 0 bridgehead atoms. The molecule has 0 aromatic heterocycles. The molecule has 0 aliphatic heterocycles. The second kappa shape index (κ2) is 6.25. The second-order valence-electron chi connectivity index (χ2n) is 6.07. The van der Waals surface area contributed by atoms with Gasteiger partial charge in [-0.1, -0.05) is 84.9 Å². The van der Waals surface area contributed by atoms with Crippen molar-refractivity contribution in [2.24, 2.45) is 0 Å². The molecule has 2 nitrogen and oxygen atoms in total. The van der Waals surface area contributed by atoms with Crippen LogP contribution in [0.2, 0.25) is 0 Å². The number of benzene rings is 4. The number of rotatable bonds is 3. The van der Waals surface area contributed by atoms with Crippen molar-refractivity contribution in [3.63, 3.8) is 0 Å². The lowest BCUT2D eigenvalue weighted by Gasteiger charge is -2.10. The Labute approximate surface area is 147 Å². The zero-order chi connectivity index (χ0) is 17.2. The van der Waals surface area contributed by atoms with Crippen molar-refractivity contribution in [1.29, 1.82) is 5.41 Å². The maximum Gasteiger partial charge on any atom is 0.0705 e. The summed E-state index contributed by atoms with van der Waals surface area (Å²) in [5.74, 6) is 0. The van der Waals surface area contributed by atoms with Crippen LogP contribution >= 0.6 is 0 Å². The number of nitrogen functional groups attached to an aromatic ring is 1. The van der Waals surface area contributed by atoms with Gasteiger partial charge in [0.15, 0.2) is 0 Å². The summed E-state index contributed by atoms with van der Waals surface area (Å²) in [6.45, 7) is 0. The molecule has 4 rings (SSSR count). The quantitative estimate of drug-likeness (QED) is 0.379. The van der Waals surface area contributed by atoms with Crippen LogP contribution in [0.5, 0.6) is 0 Å². The summed E-state index contributed by atoms with van der Waals surface area (Å²) in [4.78, 5) is 0. The number of nitrogens with one attached hydrogen (secondary N) is 1. The van der Waals surface area contributed by atoms with Crippen LogP contribution in [0.3, 0.4) is 0 Å². The first kappa shape index (κ1) is 15.2. The fourth-order valence-corrected chi connectivity index (χ4v) is 3.17. The van der Waals surface area contributed by atoms with Gasteiger partial charge < -0.3 is 5.73 Å². The summed E-state index contributed by atoms with van der Waals surface area (Å²) in [6, 6.07) is 30.4. The molecule has 120 valence electrons. The van der Waals surface area contributed by atoms with Crippen LogP contribution in [0, 0.1) is 5.41 Å². The first-order valence-corrected chi connectivity index (χ1v) is 8.26. The molecular formula is C23H18N2. The number of anilines is 1. The monoisotopic (exact) mass is 322 g/mol. The largest absolute Gasteiger partial charge is 0.398 e. The summed E-state index contributed by atoms with van der Waals surface area (Å²) in [7, 11) is 0. The molecular weight excluding hydrogens is 304 g/mol.